The first kappa shape index (κ1) is 12.7. The molecular weight excluding hydrogens is 232 g/mol. The summed E-state index contributed by atoms with van der Waals surface area (Å²) in [7, 11) is 1.54. The van der Waals surface area contributed by atoms with Crippen LogP contribution in [0.2, 0.25) is 0 Å². The first-order valence-electron chi connectivity index (χ1n) is 6.01. The minimum atomic E-state index is -0.294. The van der Waals surface area contributed by atoms with E-state index in [2.05, 4.69) is 0 Å². The number of carbonyl (C=O) groups is 1. The van der Waals surface area contributed by atoms with Crippen molar-refractivity contribution in [1.82, 2.24) is 5.01 Å². The van der Waals surface area contributed by atoms with Crippen molar-refractivity contribution in [3.8, 4) is 11.5 Å². The van der Waals surface area contributed by atoms with Gasteiger partial charge in [-0.25, -0.2) is 5.84 Å². The molecule has 0 fully saturated rings. The number of nitrogens with two attached hydrogens (primary N) is 1. The highest BCUT2D eigenvalue weighted by Gasteiger charge is 2.20. The molecule has 1 aromatic rings. The van der Waals surface area contributed by atoms with Gasteiger partial charge < -0.3 is 9.47 Å². The molecule has 1 atom stereocenters. The van der Waals surface area contributed by atoms with Crippen molar-refractivity contribution in [3.63, 3.8) is 0 Å². The zero-order chi connectivity index (χ0) is 13.1. The molecule has 98 valence electrons. The molecule has 0 spiro atoms. The first-order valence-corrected chi connectivity index (χ1v) is 6.01. The van der Waals surface area contributed by atoms with Crippen molar-refractivity contribution >= 4 is 5.91 Å². The normalized spacial score (nSPS) is 15.7. The van der Waals surface area contributed by atoms with Crippen molar-refractivity contribution in [2.75, 3.05) is 20.3 Å². The molecule has 1 aliphatic rings. The predicted octanol–water partition coefficient (Wildman–Crippen LogP) is 1.28. The topological polar surface area (TPSA) is 64.8 Å². The number of rotatable bonds is 2. The zero-order valence-electron chi connectivity index (χ0n) is 10.7. The van der Waals surface area contributed by atoms with Gasteiger partial charge in [0.1, 0.15) is 0 Å². The van der Waals surface area contributed by atoms with Crippen molar-refractivity contribution in [1.29, 1.82) is 0 Å². The van der Waals surface area contributed by atoms with Gasteiger partial charge in [0.25, 0.3) is 0 Å². The highest BCUT2D eigenvalue weighted by Crippen LogP contribution is 2.33. The Morgan fingerprint density at radius 3 is 2.67 bits per heavy atom. The average Bonchev–Trinajstić information content (AvgIpc) is 2.60. The molecular formula is C13H18N2O3. The maximum atomic E-state index is 11.8. The molecule has 0 saturated heterocycles. The second-order valence-electron chi connectivity index (χ2n) is 4.43. The Kier molecular flexibility index (Phi) is 3.72. The van der Waals surface area contributed by atoms with E-state index in [1.807, 2.05) is 25.1 Å². The Morgan fingerprint density at radius 1 is 1.33 bits per heavy atom. The van der Waals surface area contributed by atoms with E-state index in [-0.39, 0.29) is 11.8 Å². The van der Waals surface area contributed by atoms with Crippen LogP contribution in [-0.4, -0.2) is 31.2 Å². The number of hydrazine groups is 1. The van der Waals surface area contributed by atoms with Crippen molar-refractivity contribution in [2.45, 2.75) is 19.3 Å². The number of amides is 1. The third-order valence-electron chi connectivity index (χ3n) is 2.99. The van der Waals surface area contributed by atoms with Gasteiger partial charge in [-0.3, -0.25) is 9.80 Å². The van der Waals surface area contributed by atoms with Crippen LogP contribution in [0.3, 0.4) is 0 Å². The molecule has 18 heavy (non-hydrogen) atoms. The largest absolute Gasteiger partial charge is 0.490 e. The zero-order valence-corrected chi connectivity index (χ0v) is 10.7. The number of hydrogen-bond acceptors (Lipinski definition) is 4. The van der Waals surface area contributed by atoms with Gasteiger partial charge in [0.15, 0.2) is 11.5 Å². The standard InChI is InChI=1S/C13H18N2O3/c1-9(13(16)15(2)14)10-4-5-11-12(8-10)18-7-3-6-17-11/h4-5,8-9H,3,6-7,14H2,1-2H3. The van der Waals surface area contributed by atoms with Crippen LogP contribution in [0.4, 0.5) is 0 Å². The van der Waals surface area contributed by atoms with Gasteiger partial charge in [-0.15, -0.1) is 0 Å². The Hall–Kier alpha value is -1.75. The number of carbonyl (C=O) groups excluding carboxylic acids is 1. The summed E-state index contributed by atoms with van der Waals surface area (Å²) in [6, 6.07) is 5.57. The highest BCUT2D eigenvalue weighted by atomic mass is 16.5. The van der Waals surface area contributed by atoms with Crippen LogP contribution in [0.15, 0.2) is 18.2 Å². The molecule has 1 amide bonds. The van der Waals surface area contributed by atoms with Gasteiger partial charge in [-0.2, -0.15) is 0 Å². The van der Waals surface area contributed by atoms with Crippen molar-refractivity contribution in [3.05, 3.63) is 23.8 Å². The monoisotopic (exact) mass is 250 g/mol. The highest BCUT2D eigenvalue weighted by molar-refractivity contribution is 5.82. The summed E-state index contributed by atoms with van der Waals surface area (Å²) in [5.41, 5.74) is 0.876. The minimum absolute atomic E-state index is 0.135. The van der Waals surface area contributed by atoms with E-state index in [9.17, 15) is 4.79 Å². The Bertz CT molecular complexity index is 446. The summed E-state index contributed by atoms with van der Waals surface area (Å²) in [4.78, 5) is 11.8. The van der Waals surface area contributed by atoms with E-state index in [0.29, 0.717) is 19.0 Å². The van der Waals surface area contributed by atoms with Crippen LogP contribution in [-0.2, 0) is 4.79 Å². The summed E-state index contributed by atoms with van der Waals surface area (Å²) in [6.07, 6.45) is 0.865. The molecule has 0 bridgehead atoms. The Labute approximate surface area is 106 Å². The van der Waals surface area contributed by atoms with Crippen LogP contribution in [0, 0.1) is 0 Å². The van der Waals surface area contributed by atoms with Crippen LogP contribution in [0.5, 0.6) is 11.5 Å². The van der Waals surface area contributed by atoms with Gasteiger partial charge in [0.05, 0.1) is 19.1 Å². The van der Waals surface area contributed by atoms with Crippen LogP contribution in [0.1, 0.15) is 24.8 Å². The molecule has 0 radical (unpaired) electrons. The number of benzene rings is 1. The third-order valence-corrected chi connectivity index (χ3v) is 2.99. The summed E-state index contributed by atoms with van der Waals surface area (Å²) < 4.78 is 11.1. The van der Waals surface area contributed by atoms with Crippen LogP contribution in [0.25, 0.3) is 0 Å². The summed E-state index contributed by atoms with van der Waals surface area (Å²) in [5, 5.41) is 1.10. The number of nitrogens with zero attached hydrogens (tertiary/aromatic N) is 1. The van der Waals surface area contributed by atoms with Gasteiger partial charge >= 0.3 is 0 Å². The molecule has 5 heteroatoms. The summed E-state index contributed by atoms with van der Waals surface area (Å²) in [6.45, 7) is 3.12. The fourth-order valence-corrected chi connectivity index (χ4v) is 1.90. The van der Waals surface area contributed by atoms with E-state index < -0.39 is 0 Å². The molecule has 1 heterocycles. The molecule has 5 nitrogen and oxygen atoms in total. The molecule has 1 aromatic carbocycles. The average molecular weight is 250 g/mol. The maximum absolute atomic E-state index is 11.8. The second-order valence-corrected chi connectivity index (χ2v) is 4.43. The van der Waals surface area contributed by atoms with Gasteiger partial charge in [0, 0.05) is 13.5 Å². The van der Waals surface area contributed by atoms with Gasteiger partial charge in [0.2, 0.25) is 5.91 Å². The summed E-state index contributed by atoms with van der Waals surface area (Å²) >= 11 is 0. The molecule has 2 rings (SSSR count). The maximum Gasteiger partial charge on any atom is 0.243 e. The Balaban J connectivity index is 2.25. The molecule has 2 N–H and O–H groups in total. The second kappa shape index (κ2) is 5.27. The SMILES string of the molecule is CC(C(=O)N(C)N)c1ccc2c(c1)OCCCO2. The lowest BCUT2D eigenvalue weighted by molar-refractivity contribution is -0.131. The number of ether oxygens (including phenoxy) is 2. The molecule has 0 aliphatic carbocycles. The number of fused-ring (bicyclic) bond motifs is 1. The predicted molar refractivity (Wildman–Crippen MR) is 67.4 cm³/mol. The fraction of sp³-hybridized carbons (Fsp3) is 0.462. The molecule has 1 aliphatic heterocycles. The Morgan fingerprint density at radius 2 is 2.00 bits per heavy atom. The first-order chi connectivity index (χ1) is 8.59. The van der Waals surface area contributed by atoms with E-state index >= 15 is 0 Å². The van der Waals surface area contributed by atoms with Gasteiger partial charge in [-0.1, -0.05) is 6.07 Å². The van der Waals surface area contributed by atoms with E-state index in [4.69, 9.17) is 15.3 Å². The van der Waals surface area contributed by atoms with E-state index in [1.165, 1.54) is 0 Å². The summed E-state index contributed by atoms with van der Waals surface area (Å²) in [5.74, 6) is 6.47. The lowest BCUT2D eigenvalue weighted by Crippen LogP contribution is -2.36. The lowest BCUT2D eigenvalue weighted by Gasteiger charge is -2.17. The van der Waals surface area contributed by atoms with Gasteiger partial charge in [-0.05, 0) is 24.6 Å². The number of likely N-dealkylation sites (N-methyl/N-ethyl adjacent to an activating group) is 1. The lowest BCUT2D eigenvalue weighted by atomic mass is 10.00. The molecule has 1 unspecified atom stereocenters. The van der Waals surface area contributed by atoms with Crippen molar-refractivity contribution in [2.24, 2.45) is 5.84 Å². The minimum Gasteiger partial charge on any atom is -0.490 e. The van der Waals surface area contributed by atoms with E-state index in [1.54, 1.807) is 7.05 Å². The molecule has 0 saturated carbocycles. The smallest absolute Gasteiger partial charge is 0.243 e. The molecule has 0 aromatic heterocycles. The van der Waals surface area contributed by atoms with Crippen LogP contribution < -0.4 is 15.3 Å². The fourth-order valence-electron chi connectivity index (χ4n) is 1.90. The van der Waals surface area contributed by atoms with E-state index in [0.717, 1.165) is 22.7 Å². The van der Waals surface area contributed by atoms with Crippen molar-refractivity contribution < 1.29 is 14.3 Å². The third kappa shape index (κ3) is 2.56. The number of hydrogen-bond donors (Lipinski definition) is 1. The quantitative estimate of drug-likeness (QED) is 0.488. The van der Waals surface area contributed by atoms with Crippen LogP contribution >= 0.6 is 0 Å².